The summed E-state index contributed by atoms with van der Waals surface area (Å²) in [7, 11) is 0. The lowest BCUT2D eigenvalue weighted by Crippen LogP contribution is -1.91. The molecule has 0 saturated carbocycles. The number of aliphatic imine (C=N–C) groups is 2. The Balaban J connectivity index is 2.54. The quantitative estimate of drug-likeness (QED) is 0.549. The van der Waals surface area contributed by atoms with E-state index >= 15 is 0 Å². The number of hydrogen-bond donors (Lipinski definition) is 0. The van der Waals surface area contributed by atoms with Gasteiger partial charge in [-0.2, -0.15) is 0 Å². The minimum Gasteiger partial charge on any atom is -0.262 e. The van der Waals surface area contributed by atoms with E-state index < -0.39 is 0 Å². The first kappa shape index (κ1) is 6.98. The number of fused-ring (bicyclic) bond motifs is 1. The molecule has 58 valence electrons. The normalized spacial score (nSPS) is 16.3. The fourth-order valence-electron chi connectivity index (χ4n) is 1.07. The molecule has 12 heavy (non-hydrogen) atoms. The lowest BCUT2D eigenvalue weighted by Gasteiger charge is -1.98. The number of nitrogens with zero attached hydrogens (tertiary/aromatic N) is 2. The van der Waals surface area contributed by atoms with Crippen LogP contribution in [0.4, 0.5) is 0 Å². The molecule has 0 N–H and O–H groups in total. The number of rotatable bonds is 0. The van der Waals surface area contributed by atoms with E-state index in [0.29, 0.717) is 0 Å². The Hall–Kier alpha value is -1.70. The van der Waals surface area contributed by atoms with Crippen molar-refractivity contribution >= 4 is 12.4 Å². The maximum Gasteiger partial charge on any atom is 0.0451 e. The van der Waals surface area contributed by atoms with E-state index in [1.807, 2.05) is 36.7 Å². The summed E-state index contributed by atoms with van der Waals surface area (Å²) >= 11 is 0. The van der Waals surface area contributed by atoms with Crippen LogP contribution in [0.5, 0.6) is 0 Å². The molecule has 0 fully saturated rings. The summed E-state index contributed by atoms with van der Waals surface area (Å²) in [6.45, 7) is 0. The average Bonchev–Trinajstić information content (AvgIpc) is 2.06. The van der Waals surface area contributed by atoms with Crippen molar-refractivity contribution in [2.24, 2.45) is 9.98 Å². The maximum atomic E-state index is 4.05. The van der Waals surface area contributed by atoms with Crippen LogP contribution >= 0.6 is 0 Å². The molecule has 2 rings (SSSR count). The summed E-state index contributed by atoms with van der Waals surface area (Å²) in [5.41, 5.74) is 2.20. The molecule has 0 spiro atoms. The van der Waals surface area contributed by atoms with Crippen molar-refractivity contribution < 1.29 is 0 Å². The van der Waals surface area contributed by atoms with Gasteiger partial charge in [-0.05, 0) is 0 Å². The van der Waals surface area contributed by atoms with Gasteiger partial charge in [-0.1, -0.05) is 24.3 Å². The third-order valence-electron chi connectivity index (χ3n) is 1.66. The summed E-state index contributed by atoms with van der Waals surface area (Å²) < 4.78 is 0. The summed E-state index contributed by atoms with van der Waals surface area (Å²) in [6.07, 6.45) is 7.01. The minimum atomic E-state index is 1.10. The highest BCUT2D eigenvalue weighted by molar-refractivity contribution is 5.94. The van der Waals surface area contributed by atoms with Gasteiger partial charge < -0.3 is 0 Å². The second-order valence-electron chi connectivity index (χ2n) is 2.48. The van der Waals surface area contributed by atoms with Crippen molar-refractivity contribution in [1.29, 1.82) is 0 Å². The molecule has 0 saturated heterocycles. The van der Waals surface area contributed by atoms with Gasteiger partial charge in [0.25, 0.3) is 0 Å². The maximum absolute atomic E-state index is 4.05. The first-order valence-electron chi connectivity index (χ1n) is 3.77. The van der Waals surface area contributed by atoms with E-state index in [1.54, 1.807) is 12.4 Å². The SMILES string of the molecule is C1=N/C=C\N=Cc2ccccc21. The zero-order valence-electron chi connectivity index (χ0n) is 6.51. The smallest absolute Gasteiger partial charge is 0.0451 e. The van der Waals surface area contributed by atoms with Gasteiger partial charge in [0, 0.05) is 36.0 Å². The molecule has 1 aliphatic heterocycles. The molecule has 1 aromatic rings. The molecule has 2 heteroatoms. The van der Waals surface area contributed by atoms with Gasteiger partial charge >= 0.3 is 0 Å². The Morgan fingerprint density at radius 3 is 1.75 bits per heavy atom. The van der Waals surface area contributed by atoms with E-state index in [0.717, 1.165) is 11.1 Å². The lowest BCUT2D eigenvalue weighted by atomic mass is 10.1. The van der Waals surface area contributed by atoms with Gasteiger partial charge in [-0.3, -0.25) is 9.98 Å². The third-order valence-corrected chi connectivity index (χ3v) is 1.66. The van der Waals surface area contributed by atoms with Gasteiger partial charge in [0.2, 0.25) is 0 Å². The Morgan fingerprint density at radius 2 is 1.25 bits per heavy atom. The molecular weight excluding hydrogens is 148 g/mol. The average molecular weight is 156 g/mol. The second-order valence-corrected chi connectivity index (χ2v) is 2.48. The van der Waals surface area contributed by atoms with Crippen molar-refractivity contribution in [2.75, 3.05) is 0 Å². The second kappa shape index (κ2) is 3.13. The van der Waals surface area contributed by atoms with Crippen LogP contribution in [0.1, 0.15) is 11.1 Å². The molecular formula is C10H8N2. The van der Waals surface area contributed by atoms with Crippen LogP contribution in [0, 0.1) is 0 Å². The lowest BCUT2D eigenvalue weighted by molar-refractivity contribution is 1.46. The Labute approximate surface area is 71.0 Å². The first-order valence-corrected chi connectivity index (χ1v) is 3.77. The fourth-order valence-corrected chi connectivity index (χ4v) is 1.07. The van der Waals surface area contributed by atoms with Crippen LogP contribution in [0.3, 0.4) is 0 Å². The summed E-state index contributed by atoms with van der Waals surface area (Å²) in [6, 6.07) is 8.02. The summed E-state index contributed by atoms with van der Waals surface area (Å²) in [4.78, 5) is 8.11. The largest absolute Gasteiger partial charge is 0.262 e. The highest BCUT2D eigenvalue weighted by atomic mass is 14.7. The van der Waals surface area contributed by atoms with Gasteiger partial charge in [-0.25, -0.2) is 0 Å². The van der Waals surface area contributed by atoms with Gasteiger partial charge in [0.15, 0.2) is 0 Å². The number of benzene rings is 1. The Bertz CT molecular complexity index is 327. The van der Waals surface area contributed by atoms with E-state index in [9.17, 15) is 0 Å². The standard InChI is InChI=1S/C10H8N2/c1-2-4-10-8-12-6-5-11-7-9(10)3-1/h1-8H/b6-5-,9-7?,10-8?,11-5?,11-7?,12-6?,12-8?. The number of hydrogen-bond acceptors (Lipinski definition) is 2. The highest BCUT2D eigenvalue weighted by Crippen LogP contribution is 2.04. The fraction of sp³-hybridized carbons (Fsp3) is 0. The van der Waals surface area contributed by atoms with Crippen LogP contribution in [0.15, 0.2) is 46.7 Å². The zero-order valence-corrected chi connectivity index (χ0v) is 6.51. The van der Waals surface area contributed by atoms with Crippen molar-refractivity contribution in [2.45, 2.75) is 0 Å². The van der Waals surface area contributed by atoms with E-state index in [1.165, 1.54) is 0 Å². The summed E-state index contributed by atoms with van der Waals surface area (Å²) in [5.74, 6) is 0. The predicted octanol–water partition coefficient (Wildman–Crippen LogP) is 2.01. The molecule has 1 aromatic carbocycles. The Kier molecular flexibility index (Phi) is 1.82. The van der Waals surface area contributed by atoms with Crippen molar-refractivity contribution in [3.63, 3.8) is 0 Å². The van der Waals surface area contributed by atoms with Crippen molar-refractivity contribution in [3.05, 3.63) is 47.8 Å². The summed E-state index contributed by atoms with van der Waals surface area (Å²) in [5, 5.41) is 0. The van der Waals surface area contributed by atoms with Crippen LogP contribution in [0.25, 0.3) is 0 Å². The Morgan fingerprint density at radius 1 is 0.750 bits per heavy atom. The highest BCUT2D eigenvalue weighted by Gasteiger charge is 1.94. The third kappa shape index (κ3) is 1.32. The van der Waals surface area contributed by atoms with E-state index in [-0.39, 0.29) is 0 Å². The molecule has 0 aromatic heterocycles. The van der Waals surface area contributed by atoms with E-state index in [2.05, 4.69) is 9.98 Å². The van der Waals surface area contributed by atoms with Crippen molar-refractivity contribution in [1.82, 2.24) is 0 Å². The molecule has 0 atom stereocenters. The van der Waals surface area contributed by atoms with Gasteiger partial charge in [-0.15, -0.1) is 0 Å². The molecule has 0 bridgehead atoms. The van der Waals surface area contributed by atoms with Gasteiger partial charge in [0.1, 0.15) is 0 Å². The topological polar surface area (TPSA) is 24.7 Å². The first-order chi connectivity index (χ1) is 5.97. The molecule has 0 amide bonds. The molecule has 0 radical (unpaired) electrons. The van der Waals surface area contributed by atoms with E-state index in [4.69, 9.17) is 0 Å². The van der Waals surface area contributed by atoms with Gasteiger partial charge in [0.05, 0.1) is 0 Å². The monoisotopic (exact) mass is 156 g/mol. The molecule has 1 heterocycles. The molecule has 2 nitrogen and oxygen atoms in total. The van der Waals surface area contributed by atoms with Crippen LogP contribution in [-0.2, 0) is 0 Å². The molecule has 1 aliphatic rings. The zero-order chi connectivity index (χ0) is 8.23. The predicted molar refractivity (Wildman–Crippen MR) is 50.8 cm³/mol. The van der Waals surface area contributed by atoms with Crippen molar-refractivity contribution in [3.8, 4) is 0 Å². The molecule has 0 unspecified atom stereocenters. The van der Waals surface area contributed by atoms with Crippen LogP contribution in [-0.4, -0.2) is 12.4 Å². The van der Waals surface area contributed by atoms with Crippen LogP contribution < -0.4 is 0 Å². The van der Waals surface area contributed by atoms with Crippen LogP contribution in [0.2, 0.25) is 0 Å². The minimum absolute atomic E-state index is 1.10. The molecule has 0 aliphatic carbocycles.